The van der Waals surface area contributed by atoms with Crippen LogP contribution < -0.4 is 5.43 Å². The Morgan fingerprint density at radius 2 is 1.66 bits per heavy atom. The molecule has 0 bridgehead atoms. The highest BCUT2D eigenvalue weighted by atomic mass is 19.1. The van der Waals surface area contributed by atoms with E-state index in [2.05, 4.69) is 10.5 Å². The van der Waals surface area contributed by atoms with Gasteiger partial charge in [-0.15, -0.1) is 0 Å². The number of halogens is 1. The second-order valence-electron chi connectivity index (χ2n) is 6.41. The number of esters is 1. The number of nitrogens with one attached hydrogen (secondary N) is 1. The predicted octanol–water partition coefficient (Wildman–Crippen LogP) is 3.78. The van der Waals surface area contributed by atoms with Crippen molar-refractivity contribution in [3.8, 4) is 5.69 Å². The monoisotopic (exact) mass is 393 g/mol. The van der Waals surface area contributed by atoms with Crippen molar-refractivity contribution in [1.82, 2.24) is 9.99 Å². The van der Waals surface area contributed by atoms with E-state index in [-0.39, 0.29) is 5.97 Å². The molecule has 0 fully saturated rings. The minimum absolute atomic E-state index is 0.319. The highest BCUT2D eigenvalue weighted by Crippen LogP contribution is 2.20. The summed E-state index contributed by atoms with van der Waals surface area (Å²) in [4.78, 5) is 23.6. The molecule has 0 radical (unpaired) electrons. The Morgan fingerprint density at radius 1 is 1.03 bits per heavy atom. The standard InChI is InChI=1S/C22H20FN3O3/c1-14-12-18(13-24-25-21(27)16-4-8-19(23)9-5-16)15(2)26(14)20-10-6-17(7-11-20)22(28)29-3/h4-13H,1-3H3,(H,25,27)/b24-13-. The molecule has 0 atom stereocenters. The van der Waals surface area contributed by atoms with Gasteiger partial charge in [-0.1, -0.05) is 0 Å². The fraction of sp³-hybridized carbons (Fsp3) is 0.136. The van der Waals surface area contributed by atoms with Crippen molar-refractivity contribution in [3.63, 3.8) is 0 Å². The van der Waals surface area contributed by atoms with Gasteiger partial charge in [0.1, 0.15) is 5.82 Å². The normalized spacial score (nSPS) is 10.9. The number of amides is 1. The molecule has 0 unspecified atom stereocenters. The van der Waals surface area contributed by atoms with Gasteiger partial charge in [0.25, 0.3) is 5.91 Å². The van der Waals surface area contributed by atoms with Gasteiger partial charge in [0.05, 0.1) is 18.9 Å². The van der Waals surface area contributed by atoms with Gasteiger partial charge in [-0.05, 0) is 68.4 Å². The highest BCUT2D eigenvalue weighted by molar-refractivity contribution is 5.95. The summed E-state index contributed by atoms with van der Waals surface area (Å²) in [5, 5.41) is 4.00. The molecule has 0 spiro atoms. The minimum Gasteiger partial charge on any atom is -0.465 e. The maximum atomic E-state index is 12.9. The largest absolute Gasteiger partial charge is 0.465 e. The van der Waals surface area contributed by atoms with Gasteiger partial charge in [0.2, 0.25) is 0 Å². The number of rotatable bonds is 5. The lowest BCUT2D eigenvalue weighted by Crippen LogP contribution is -2.17. The number of hydrogen-bond donors (Lipinski definition) is 1. The Bertz CT molecular complexity index is 1070. The minimum atomic E-state index is -0.423. The summed E-state index contributed by atoms with van der Waals surface area (Å²) in [5.74, 6) is -1.22. The van der Waals surface area contributed by atoms with Gasteiger partial charge in [-0.2, -0.15) is 5.10 Å². The predicted molar refractivity (Wildman–Crippen MR) is 108 cm³/mol. The van der Waals surface area contributed by atoms with Crippen molar-refractivity contribution in [2.45, 2.75) is 13.8 Å². The number of carbonyl (C=O) groups is 2. The molecule has 0 aliphatic heterocycles. The number of benzene rings is 2. The van der Waals surface area contributed by atoms with Crippen LogP contribution in [0.2, 0.25) is 0 Å². The van der Waals surface area contributed by atoms with E-state index < -0.39 is 11.7 Å². The lowest BCUT2D eigenvalue weighted by Gasteiger charge is -2.10. The summed E-state index contributed by atoms with van der Waals surface area (Å²) in [6.45, 7) is 3.89. The molecule has 0 aliphatic carbocycles. The van der Waals surface area contributed by atoms with E-state index in [0.29, 0.717) is 11.1 Å². The Hall–Kier alpha value is -3.74. The number of carbonyl (C=O) groups excluding carboxylic acids is 2. The second-order valence-corrected chi connectivity index (χ2v) is 6.41. The van der Waals surface area contributed by atoms with E-state index in [1.165, 1.54) is 31.4 Å². The number of aryl methyl sites for hydroxylation is 1. The molecule has 0 aliphatic rings. The third kappa shape index (κ3) is 4.40. The molecule has 6 nitrogen and oxygen atoms in total. The van der Waals surface area contributed by atoms with Crippen LogP contribution >= 0.6 is 0 Å². The van der Waals surface area contributed by atoms with Crippen LogP contribution in [0.15, 0.2) is 59.7 Å². The van der Waals surface area contributed by atoms with Crippen molar-refractivity contribution < 1.29 is 18.7 Å². The molecule has 29 heavy (non-hydrogen) atoms. The number of ether oxygens (including phenoxy) is 1. The smallest absolute Gasteiger partial charge is 0.337 e. The van der Waals surface area contributed by atoms with Crippen LogP contribution in [0.3, 0.4) is 0 Å². The average molecular weight is 393 g/mol. The van der Waals surface area contributed by atoms with Crippen LogP contribution in [0, 0.1) is 19.7 Å². The SMILES string of the molecule is COC(=O)c1ccc(-n2c(C)cc(/C=N\NC(=O)c3ccc(F)cc3)c2C)cc1. The van der Waals surface area contributed by atoms with E-state index in [1.807, 2.05) is 36.6 Å². The lowest BCUT2D eigenvalue weighted by molar-refractivity contribution is 0.0600. The van der Waals surface area contributed by atoms with Crippen LogP contribution in [0.5, 0.6) is 0 Å². The van der Waals surface area contributed by atoms with Gasteiger partial charge in [-0.25, -0.2) is 14.6 Å². The summed E-state index contributed by atoms with van der Waals surface area (Å²) in [6.07, 6.45) is 1.56. The summed E-state index contributed by atoms with van der Waals surface area (Å²) >= 11 is 0. The van der Waals surface area contributed by atoms with Crippen LogP contribution in [0.1, 0.15) is 37.7 Å². The van der Waals surface area contributed by atoms with Gasteiger partial charge >= 0.3 is 5.97 Å². The fourth-order valence-electron chi connectivity index (χ4n) is 3.01. The Morgan fingerprint density at radius 3 is 2.28 bits per heavy atom. The van der Waals surface area contributed by atoms with Crippen molar-refractivity contribution in [2.24, 2.45) is 5.10 Å². The van der Waals surface area contributed by atoms with Crippen molar-refractivity contribution in [2.75, 3.05) is 7.11 Å². The molecule has 0 saturated carbocycles. The summed E-state index contributed by atoms with van der Waals surface area (Å²) in [6, 6.07) is 14.3. The first kappa shape index (κ1) is 20.0. The van der Waals surface area contributed by atoms with Gasteiger partial charge in [0.15, 0.2) is 0 Å². The van der Waals surface area contributed by atoms with Crippen molar-refractivity contribution in [1.29, 1.82) is 0 Å². The molecule has 1 amide bonds. The van der Waals surface area contributed by atoms with Crippen LogP contribution in [0.25, 0.3) is 5.69 Å². The fourth-order valence-corrected chi connectivity index (χ4v) is 3.01. The van der Waals surface area contributed by atoms with Crippen LogP contribution in [-0.4, -0.2) is 29.8 Å². The number of nitrogens with zero attached hydrogens (tertiary/aromatic N) is 2. The molecule has 3 aromatic rings. The molecular weight excluding hydrogens is 373 g/mol. The zero-order chi connectivity index (χ0) is 21.0. The molecule has 2 aromatic carbocycles. The zero-order valence-electron chi connectivity index (χ0n) is 16.3. The first-order valence-corrected chi connectivity index (χ1v) is 8.87. The topological polar surface area (TPSA) is 72.7 Å². The number of hydrogen-bond acceptors (Lipinski definition) is 4. The maximum Gasteiger partial charge on any atom is 0.337 e. The number of methoxy groups -OCH3 is 1. The first-order chi connectivity index (χ1) is 13.9. The molecule has 0 saturated heterocycles. The Kier molecular flexibility index (Phi) is 5.87. The third-order valence-electron chi connectivity index (χ3n) is 4.49. The van der Waals surface area contributed by atoms with Crippen LogP contribution in [0.4, 0.5) is 4.39 Å². The van der Waals surface area contributed by atoms with E-state index >= 15 is 0 Å². The maximum absolute atomic E-state index is 12.9. The quantitative estimate of drug-likeness (QED) is 0.407. The Balaban J connectivity index is 1.77. The van der Waals surface area contributed by atoms with Gasteiger partial charge in [-0.3, -0.25) is 4.79 Å². The second kappa shape index (κ2) is 8.52. The molecule has 1 N–H and O–H groups in total. The highest BCUT2D eigenvalue weighted by Gasteiger charge is 2.11. The van der Waals surface area contributed by atoms with Gasteiger partial charge in [0, 0.05) is 28.2 Å². The summed E-state index contributed by atoms with van der Waals surface area (Å²) in [7, 11) is 1.34. The van der Waals surface area contributed by atoms with Crippen molar-refractivity contribution >= 4 is 18.1 Å². The molecule has 3 rings (SSSR count). The van der Waals surface area contributed by atoms with E-state index in [9.17, 15) is 14.0 Å². The zero-order valence-corrected chi connectivity index (χ0v) is 16.3. The van der Waals surface area contributed by atoms with Crippen molar-refractivity contribution in [3.05, 3.63) is 88.5 Å². The van der Waals surface area contributed by atoms with E-state index in [0.717, 1.165) is 22.6 Å². The van der Waals surface area contributed by atoms with Gasteiger partial charge < -0.3 is 9.30 Å². The number of hydrazone groups is 1. The molecule has 7 heteroatoms. The average Bonchev–Trinajstić information content (AvgIpc) is 3.01. The van der Waals surface area contributed by atoms with E-state index in [1.54, 1.807) is 18.3 Å². The first-order valence-electron chi connectivity index (χ1n) is 8.87. The lowest BCUT2D eigenvalue weighted by atomic mass is 10.2. The molecular formula is C22H20FN3O3. The third-order valence-corrected chi connectivity index (χ3v) is 4.49. The summed E-state index contributed by atoms with van der Waals surface area (Å²) < 4.78 is 19.7. The Labute approximate surface area is 167 Å². The molecule has 148 valence electrons. The summed E-state index contributed by atoms with van der Waals surface area (Å²) in [5.41, 5.74) is 6.85. The number of aromatic nitrogens is 1. The van der Waals surface area contributed by atoms with E-state index in [4.69, 9.17) is 4.74 Å². The molecule has 1 heterocycles. The molecule has 1 aromatic heterocycles. The van der Waals surface area contributed by atoms with Crippen LogP contribution in [-0.2, 0) is 4.74 Å².